The molecule has 0 atom stereocenters. The second-order valence-electron chi connectivity index (χ2n) is 6.10. The number of aromatic nitrogens is 2. The molecule has 1 aromatic heterocycles. The van der Waals surface area contributed by atoms with Gasteiger partial charge in [0, 0.05) is 18.8 Å². The number of benzene rings is 2. The molecule has 2 heterocycles. The van der Waals surface area contributed by atoms with Crippen LogP contribution in [0.25, 0.3) is 22.2 Å². The predicted octanol–water partition coefficient (Wildman–Crippen LogP) is 3.02. The highest BCUT2D eigenvalue weighted by atomic mass is 16.5. The van der Waals surface area contributed by atoms with E-state index in [0.717, 1.165) is 65.5 Å². The van der Waals surface area contributed by atoms with Crippen molar-refractivity contribution in [2.75, 3.05) is 36.9 Å². The van der Waals surface area contributed by atoms with Gasteiger partial charge in [0.05, 0.1) is 30.4 Å². The molecule has 1 aliphatic rings. The predicted molar refractivity (Wildman–Crippen MR) is 97.2 cm³/mol. The number of nitrogens with zero attached hydrogens (tertiary/aromatic N) is 3. The Hall–Kier alpha value is -2.66. The number of nitrogen functional groups attached to an aromatic ring is 1. The van der Waals surface area contributed by atoms with E-state index in [1.807, 2.05) is 31.3 Å². The molecule has 1 saturated heterocycles. The lowest BCUT2D eigenvalue weighted by atomic mass is 10.0. The van der Waals surface area contributed by atoms with Gasteiger partial charge in [0.1, 0.15) is 5.82 Å². The van der Waals surface area contributed by atoms with Crippen LogP contribution in [0.1, 0.15) is 5.56 Å². The molecule has 4 rings (SSSR count). The molecule has 1 aliphatic heterocycles. The molecular weight excluding hydrogens is 300 g/mol. The zero-order chi connectivity index (χ0) is 16.5. The van der Waals surface area contributed by atoms with Crippen LogP contribution in [0.15, 0.2) is 42.6 Å². The van der Waals surface area contributed by atoms with E-state index < -0.39 is 0 Å². The third-order valence-corrected chi connectivity index (χ3v) is 4.47. The first-order valence-corrected chi connectivity index (χ1v) is 8.17. The van der Waals surface area contributed by atoms with E-state index in [1.165, 1.54) is 0 Å². The number of nitrogens with two attached hydrogens (primary N) is 1. The zero-order valence-corrected chi connectivity index (χ0v) is 13.7. The molecule has 2 aromatic carbocycles. The van der Waals surface area contributed by atoms with Crippen molar-refractivity contribution >= 4 is 22.5 Å². The van der Waals surface area contributed by atoms with Crippen molar-refractivity contribution in [2.24, 2.45) is 0 Å². The van der Waals surface area contributed by atoms with Crippen LogP contribution in [0, 0.1) is 6.92 Å². The van der Waals surface area contributed by atoms with Gasteiger partial charge in [0.15, 0.2) is 0 Å². The maximum atomic E-state index is 5.92. The van der Waals surface area contributed by atoms with E-state index in [1.54, 1.807) is 0 Å². The lowest BCUT2D eigenvalue weighted by Crippen LogP contribution is -2.36. The number of morpholine rings is 1. The van der Waals surface area contributed by atoms with Crippen LogP contribution < -0.4 is 10.6 Å². The molecule has 3 aromatic rings. The Morgan fingerprint density at radius 2 is 1.75 bits per heavy atom. The van der Waals surface area contributed by atoms with Crippen LogP contribution in [-0.2, 0) is 4.74 Å². The summed E-state index contributed by atoms with van der Waals surface area (Å²) in [5, 5.41) is 0. The van der Waals surface area contributed by atoms with Gasteiger partial charge in [-0.25, -0.2) is 4.98 Å². The Labute approximate surface area is 141 Å². The topological polar surface area (TPSA) is 64.3 Å². The van der Waals surface area contributed by atoms with Crippen LogP contribution in [0.5, 0.6) is 0 Å². The lowest BCUT2D eigenvalue weighted by Gasteiger charge is -2.27. The monoisotopic (exact) mass is 320 g/mol. The second-order valence-corrected chi connectivity index (χ2v) is 6.10. The van der Waals surface area contributed by atoms with Crippen molar-refractivity contribution in [3.05, 3.63) is 48.2 Å². The number of ether oxygens (including phenoxy) is 1. The van der Waals surface area contributed by atoms with Gasteiger partial charge < -0.3 is 15.4 Å². The third-order valence-electron chi connectivity index (χ3n) is 4.47. The Balaban J connectivity index is 1.74. The molecule has 0 bridgehead atoms. The molecule has 0 aliphatic carbocycles. The van der Waals surface area contributed by atoms with Crippen molar-refractivity contribution in [1.82, 2.24) is 9.97 Å². The third kappa shape index (κ3) is 2.78. The highest BCUT2D eigenvalue weighted by Gasteiger charge is 2.13. The summed E-state index contributed by atoms with van der Waals surface area (Å²) in [4.78, 5) is 11.6. The molecule has 2 N–H and O–H groups in total. The smallest absolute Gasteiger partial charge is 0.148 e. The molecule has 0 radical (unpaired) electrons. The number of hydrogen-bond acceptors (Lipinski definition) is 5. The van der Waals surface area contributed by atoms with Gasteiger partial charge in [-0.1, -0.05) is 12.1 Å². The molecule has 122 valence electrons. The molecule has 5 nitrogen and oxygen atoms in total. The van der Waals surface area contributed by atoms with E-state index >= 15 is 0 Å². The highest BCUT2D eigenvalue weighted by Crippen LogP contribution is 2.26. The number of hydrogen-bond donors (Lipinski definition) is 1. The van der Waals surface area contributed by atoms with Crippen molar-refractivity contribution < 1.29 is 4.74 Å². The van der Waals surface area contributed by atoms with Gasteiger partial charge in [0.25, 0.3) is 0 Å². The molecule has 0 unspecified atom stereocenters. The molecular formula is C19H20N4O. The van der Waals surface area contributed by atoms with Crippen molar-refractivity contribution in [2.45, 2.75) is 6.92 Å². The van der Waals surface area contributed by atoms with Gasteiger partial charge in [-0.15, -0.1) is 0 Å². The van der Waals surface area contributed by atoms with Crippen molar-refractivity contribution in [1.29, 1.82) is 0 Å². The van der Waals surface area contributed by atoms with Gasteiger partial charge in [-0.05, 0) is 47.9 Å². The normalized spacial score (nSPS) is 15.0. The Bertz CT molecular complexity index is 888. The number of aryl methyl sites for hydroxylation is 1. The first kappa shape index (κ1) is 14.9. The number of fused-ring (bicyclic) bond motifs is 1. The van der Waals surface area contributed by atoms with Gasteiger partial charge >= 0.3 is 0 Å². The fourth-order valence-corrected chi connectivity index (χ4v) is 2.98. The molecule has 24 heavy (non-hydrogen) atoms. The van der Waals surface area contributed by atoms with Gasteiger partial charge in [-0.3, -0.25) is 4.98 Å². The van der Waals surface area contributed by atoms with E-state index in [-0.39, 0.29) is 0 Å². The number of anilines is 2. The SMILES string of the molecule is Cc1cc(-c2ccc3ncc(N4CCOCC4)nc3c2)ccc1N. The quantitative estimate of drug-likeness (QED) is 0.735. The summed E-state index contributed by atoms with van der Waals surface area (Å²) in [6.07, 6.45) is 1.85. The summed E-state index contributed by atoms with van der Waals surface area (Å²) < 4.78 is 5.41. The summed E-state index contributed by atoms with van der Waals surface area (Å²) in [6.45, 7) is 5.22. The van der Waals surface area contributed by atoms with E-state index in [4.69, 9.17) is 15.5 Å². The van der Waals surface area contributed by atoms with Crippen LogP contribution in [0.2, 0.25) is 0 Å². The Morgan fingerprint density at radius 1 is 1.00 bits per heavy atom. The fraction of sp³-hybridized carbons (Fsp3) is 0.263. The van der Waals surface area contributed by atoms with Crippen LogP contribution in [0.4, 0.5) is 11.5 Å². The maximum absolute atomic E-state index is 5.92. The molecule has 5 heteroatoms. The summed E-state index contributed by atoms with van der Waals surface area (Å²) in [5.74, 6) is 0.913. The minimum atomic E-state index is 0.741. The average Bonchev–Trinajstić information content (AvgIpc) is 2.64. The molecule has 0 saturated carbocycles. The standard InChI is InChI=1S/C19H20N4O/c1-13-10-14(2-4-16(13)20)15-3-5-17-18(11-15)22-19(12-21-17)23-6-8-24-9-7-23/h2-5,10-12H,6-9,20H2,1H3. The van der Waals surface area contributed by atoms with Crippen molar-refractivity contribution in [3.8, 4) is 11.1 Å². The fourth-order valence-electron chi connectivity index (χ4n) is 2.98. The molecule has 1 fully saturated rings. The minimum absolute atomic E-state index is 0.741. The Morgan fingerprint density at radius 3 is 2.54 bits per heavy atom. The first-order valence-electron chi connectivity index (χ1n) is 8.17. The lowest BCUT2D eigenvalue weighted by molar-refractivity contribution is 0.122. The first-order chi connectivity index (χ1) is 11.7. The number of rotatable bonds is 2. The average molecular weight is 320 g/mol. The van der Waals surface area contributed by atoms with E-state index in [2.05, 4.69) is 28.1 Å². The summed E-state index contributed by atoms with van der Waals surface area (Å²) >= 11 is 0. The van der Waals surface area contributed by atoms with E-state index in [9.17, 15) is 0 Å². The zero-order valence-electron chi connectivity index (χ0n) is 13.7. The highest BCUT2D eigenvalue weighted by molar-refractivity contribution is 5.82. The molecule has 0 spiro atoms. The minimum Gasteiger partial charge on any atom is -0.399 e. The van der Waals surface area contributed by atoms with Crippen LogP contribution >= 0.6 is 0 Å². The second kappa shape index (κ2) is 6.09. The van der Waals surface area contributed by atoms with Gasteiger partial charge in [0.2, 0.25) is 0 Å². The van der Waals surface area contributed by atoms with Crippen LogP contribution in [0.3, 0.4) is 0 Å². The largest absolute Gasteiger partial charge is 0.399 e. The summed E-state index contributed by atoms with van der Waals surface area (Å²) in [7, 11) is 0. The van der Waals surface area contributed by atoms with Crippen LogP contribution in [-0.4, -0.2) is 36.3 Å². The molecule has 0 amide bonds. The summed E-state index contributed by atoms with van der Waals surface area (Å²) in [6, 6.07) is 12.3. The maximum Gasteiger partial charge on any atom is 0.148 e. The van der Waals surface area contributed by atoms with Crippen molar-refractivity contribution in [3.63, 3.8) is 0 Å². The Kier molecular flexibility index (Phi) is 3.78. The van der Waals surface area contributed by atoms with Gasteiger partial charge in [-0.2, -0.15) is 0 Å². The van der Waals surface area contributed by atoms with E-state index in [0.29, 0.717) is 0 Å². The summed E-state index contributed by atoms with van der Waals surface area (Å²) in [5.41, 5.74) is 11.9.